The summed E-state index contributed by atoms with van der Waals surface area (Å²) in [6.45, 7) is 2.13. The lowest BCUT2D eigenvalue weighted by Crippen LogP contribution is -2.01. The number of aryl methyl sites for hydroxylation is 1. The van der Waals surface area contributed by atoms with Crippen LogP contribution in [0.2, 0.25) is 10.0 Å². The van der Waals surface area contributed by atoms with Crippen LogP contribution in [0.1, 0.15) is 19.2 Å². The molecule has 1 aromatic heterocycles. The molecule has 0 aliphatic carbocycles. The third-order valence-electron chi connectivity index (χ3n) is 3.37. The van der Waals surface area contributed by atoms with E-state index in [2.05, 4.69) is 11.5 Å². The highest BCUT2D eigenvalue weighted by Gasteiger charge is 2.14. The Kier molecular flexibility index (Phi) is 3.79. The standard InChI is InChI=1S/C16H15Cl2N3/c1-2-3-16-20-13-9-11(19)5-7-15(13)21(16)14-6-4-10(17)8-12(14)18/h4-9H,2-3,19H2,1H3. The van der Waals surface area contributed by atoms with Crippen molar-refractivity contribution >= 4 is 39.9 Å². The Morgan fingerprint density at radius 2 is 1.95 bits per heavy atom. The van der Waals surface area contributed by atoms with Gasteiger partial charge in [0, 0.05) is 17.1 Å². The molecule has 0 radical (unpaired) electrons. The number of halogens is 2. The molecule has 3 rings (SSSR count). The van der Waals surface area contributed by atoms with E-state index >= 15 is 0 Å². The lowest BCUT2D eigenvalue weighted by Gasteiger charge is -2.11. The van der Waals surface area contributed by atoms with Crippen LogP contribution in [0, 0.1) is 0 Å². The first-order chi connectivity index (χ1) is 10.1. The molecule has 0 spiro atoms. The van der Waals surface area contributed by atoms with E-state index in [9.17, 15) is 0 Å². The quantitative estimate of drug-likeness (QED) is 0.700. The van der Waals surface area contributed by atoms with E-state index in [1.165, 1.54) is 0 Å². The second-order valence-electron chi connectivity index (χ2n) is 4.96. The summed E-state index contributed by atoms with van der Waals surface area (Å²) in [6.07, 6.45) is 1.87. The average Bonchev–Trinajstić information content (AvgIpc) is 2.76. The maximum absolute atomic E-state index is 6.37. The number of aromatic nitrogens is 2. The van der Waals surface area contributed by atoms with Crippen molar-refractivity contribution in [1.82, 2.24) is 9.55 Å². The summed E-state index contributed by atoms with van der Waals surface area (Å²) in [5.74, 6) is 0.974. The van der Waals surface area contributed by atoms with Crippen LogP contribution in [0.4, 0.5) is 5.69 Å². The van der Waals surface area contributed by atoms with E-state index in [0.717, 1.165) is 35.4 Å². The summed E-state index contributed by atoms with van der Waals surface area (Å²) in [4.78, 5) is 4.69. The molecule has 0 amide bonds. The van der Waals surface area contributed by atoms with Crippen LogP contribution in [0.25, 0.3) is 16.7 Å². The molecule has 0 saturated carbocycles. The number of rotatable bonds is 3. The van der Waals surface area contributed by atoms with Crippen molar-refractivity contribution in [3.63, 3.8) is 0 Å². The van der Waals surface area contributed by atoms with Crippen LogP contribution in [0.5, 0.6) is 0 Å². The second-order valence-corrected chi connectivity index (χ2v) is 5.80. The van der Waals surface area contributed by atoms with Crippen LogP contribution < -0.4 is 5.73 Å². The molecule has 1 heterocycles. The molecule has 0 unspecified atom stereocenters. The molecule has 3 aromatic rings. The van der Waals surface area contributed by atoms with E-state index in [1.807, 2.05) is 30.3 Å². The molecule has 108 valence electrons. The number of benzene rings is 2. The van der Waals surface area contributed by atoms with Crippen LogP contribution in [0.3, 0.4) is 0 Å². The second kappa shape index (κ2) is 5.58. The number of nitrogens with zero attached hydrogens (tertiary/aromatic N) is 2. The smallest absolute Gasteiger partial charge is 0.114 e. The fraction of sp³-hybridized carbons (Fsp3) is 0.188. The first-order valence-corrected chi connectivity index (χ1v) is 7.58. The third kappa shape index (κ3) is 2.59. The minimum Gasteiger partial charge on any atom is -0.399 e. The number of imidazole rings is 1. The van der Waals surface area contributed by atoms with E-state index in [4.69, 9.17) is 33.9 Å². The van der Waals surface area contributed by atoms with E-state index in [0.29, 0.717) is 15.7 Å². The van der Waals surface area contributed by atoms with Crippen molar-refractivity contribution in [2.24, 2.45) is 0 Å². The number of hydrogen-bond donors (Lipinski definition) is 1. The minimum atomic E-state index is 0.607. The fourth-order valence-electron chi connectivity index (χ4n) is 2.47. The maximum Gasteiger partial charge on any atom is 0.114 e. The molecule has 0 aliphatic heterocycles. The topological polar surface area (TPSA) is 43.8 Å². The van der Waals surface area contributed by atoms with Gasteiger partial charge in [0.05, 0.1) is 21.7 Å². The number of nitrogen functional groups attached to an aromatic ring is 1. The Hall–Kier alpha value is -1.71. The summed E-state index contributed by atoms with van der Waals surface area (Å²) < 4.78 is 2.08. The van der Waals surface area contributed by atoms with Gasteiger partial charge in [0.15, 0.2) is 0 Å². The van der Waals surface area contributed by atoms with Crippen molar-refractivity contribution in [3.05, 3.63) is 52.3 Å². The normalized spacial score (nSPS) is 11.2. The number of anilines is 1. The zero-order valence-electron chi connectivity index (χ0n) is 11.6. The summed E-state index contributed by atoms with van der Waals surface area (Å²) in [6, 6.07) is 11.2. The Morgan fingerprint density at radius 3 is 2.67 bits per heavy atom. The lowest BCUT2D eigenvalue weighted by atomic mass is 10.2. The van der Waals surface area contributed by atoms with E-state index in [1.54, 1.807) is 6.07 Å². The fourth-order valence-corrected chi connectivity index (χ4v) is 2.96. The number of nitrogens with two attached hydrogens (primary N) is 1. The molecule has 2 N–H and O–H groups in total. The number of hydrogen-bond acceptors (Lipinski definition) is 2. The van der Waals surface area contributed by atoms with Crippen LogP contribution in [-0.2, 0) is 6.42 Å². The monoisotopic (exact) mass is 319 g/mol. The molecule has 5 heteroatoms. The van der Waals surface area contributed by atoms with Gasteiger partial charge in [0.2, 0.25) is 0 Å². The molecular formula is C16H15Cl2N3. The summed E-state index contributed by atoms with van der Waals surface area (Å²) in [5, 5.41) is 1.23. The lowest BCUT2D eigenvalue weighted by molar-refractivity contribution is 0.818. The van der Waals surface area contributed by atoms with Gasteiger partial charge in [-0.2, -0.15) is 0 Å². The summed E-state index contributed by atoms with van der Waals surface area (Å²) in [7, 11) is 0. The first-order valence-electron chi connectivity index (χ1n) is 6.82. The third-order valence-corrected chi connectivity index (χ3v) is 3.91. The summed E-state index contributed by atoms with van der Waals surface area (Å²) in [5.41, 5.74) is 9.32. The van der Waals surface area contributed by atoms with Gasteiger partial charge >= 0.3 is 0 Å². The minimum absolute atomic E-state index is 0.607. The molecule has 21 heavy (non-hydrogen) atoms. The molecule has 0 atom stereocenters. The van der Waals surface area contributed by atoms with Crippen molar-refractivity contribution < 1.29 is 0 Å². The Labute approximate surface area is 133 Å². The molecular weight excluding hydrogens is 305 g/mol. The van der Waals surface area contributed by atoms with Crippen molar-refractivity contribution in [1.29, 1.82) is 0 Å². The van der Waals surface area contributed by atoms with Crippen molar-refractivity contribution in [3.8, 4) is 5.69 Å². The predicted molar refractivity (Wildman–Crippen MR) is 89.5 cm³/mol. The maximum atomic E-state index is 6.37. The number of fused-ring (bicyclic) bond motifs is 1. The van der Waals surface area contributed by atoms with Crippen molar-refractivity contribution in [2.45, 2.75) is 19.8 Å². The zero-order chi connectivity index (χ0) is 15.0. The van der Waals surface area contributed by atoms with Gasteiger partial charge in [0.1, 0.15) is 5.82 Å². The first kappa shape index (κ1) is 14.2. The molecule has 0 aliphatic rings. The highest BCUT2D eigenvalue weighted by molar-refractivity contribution is 6.35. The van der Waals surface area contributed by atoms with E-state index in [-0.39, 0.29) is 0 Å². The Morgan fingerprint density at radius 1 is 1.14 bits per heavy atom. The Bertz CT molecular complexity index is 809. The zero-order valence-corrected chi connectivity index (χ0v) is 13.1. The SMILES string of the molecule is CCCc1nc2cc(N)ccc2n1-c1ccc(Cl)cc1Cl. The molecule has 0 saturated heterocycles. The molecule has 3 nitrogen and oxygen atoms in total. The molecule has 0 fully saturated rings. The van der Waals surface area contributed by atoms with Crippen LogP contribution in [0.15, 0.2) is 36.4 Å². The summed E-state index contributed by atoms with van der Waals surface area (Å²) >= 11 is 12.4. The van der Waals surface area contributed by atoms with Gasteiger partial charge in [-0.15, -0.1) is 0 Å². The average molecular weight is 320 g/mol. The van der Waals surface area contributed by atoms with E-state index < -0.39 is 0 Å². The highest BCUT2D eigenvalue weighted by Crippen LogP contribution is 2.30. The highest BCUT2D eigenvalue weighted by atomic mass is 35.5. The van der Waals surface area contributed by atoms with Crippen LogP contribution in [-0.4, -0.2) is 9.55 Å². The van der Waals surface area contributed by atoms with Gasteiger partial charge in [-0.3, -0.25) is 4.57 Å². The van der Waals surface area contributed by atoms with Gasteiger partial charge in [0.25, 0.3) is 0 Å². The Balaban J connectivity index is 2.30. The van der Waals surface area contributed by atoms with Crippen molar-refractivity contribution in [2.75, 3.05) is 5.73 Å². The van der Waals surface area contributed by atoms with Gasteiger partial charge < -0.3 is 5.73 Å². The van der Waals surface area contributed by atoms with Gasteiger partial charge in [-0.05, 0) is 42.8 Å². The molecule has 0 bridgehead atoms. The van der Waals surface area contributed by atoms with Gasteiger partial charge in [-0.1, -0.05) is 30.1 Å². The largest absolute Gasteiger partial charge is 0.399 e. The van der Waals surface area contributed by atoms with Gasteiger partial charge in [-0.25, -0.2) is 4.98 Å². The van der Waals surface area contributed by atoms with Crippen LogP contribution >= 0.6 is 23.2 Å². The predicted octanol–water partition coefficient (Wildman–Crippen LogP) is 4.87. The molecule has 2 aromatic carbocycles.